The maximum absolute atomic E-state index is 12.8. The first-order valence-electron chi connectivity index (χ1n) is 10.3. The van der Waals surface area contributed by atoms with Crippen molar-refractivity contribution in [2.24, 2.45) is 0 Å². The number of nitro groups is 1. The van der Waals surface area contributed by atoms with E-state index in [2.05, 4.69) is 9.97 Å². The minimum absolute atomic E-state index is 0.0411. The smallest absolute Gasteiger partial charge is 0.282 e. The number of carbonyl (C=O) groups excluding carboxylic acids is 3. The summed E-state index contributed by atoms with van der Waals surface area (Å²) in [5, 5.41) is 11.2. The third kappa shape index (κ3) is 3.20. The minimum Gasteiger partial charge on any atom is -0.342 e. The van der Waals surface area contributed by atoms with Crippen LogP contribution in [0.25, 0.3) is 11.0 Å². The fourth-order valence-corrected chi connectivity index (χ4v) is 4.41. The molecule has 10 nitrogen and oxygen atoms in total. The Morgan fingerprint density at radius 2 is 1.84 bits per heavy atom. The Balaban J connectivity index is 1.25. The lowest BCUT2D eigenvalue weighted by Crippen LogP contribution is -2.45. The minimum atomic E-state index is -0.803. The van der Waals surface area contributed by atoms with Gasteiger partial charge in [-0.1, -0.05) is 18.2 Å². The van der Waals surface area contributed by atoms with Gasteiger partial charge in [-0.25, -0.2) is 4.98 Å². The van der Waals surface area contributed by atoms with Crippen LogP contribution in [-0.4, -0.2) is 62.0 Å². The van der Waals surface area contributed by atoms with Gasteiger partial charge in [-0.3, -0.25) is 29.4 Å². The van der Waals surface area contributed by atoms with Crippen molar-refractivity contribution in [3.8, 4) is 0 Å². The number of imide groups is 1. The van der Waals surface area contributed by atoms with Crippen LogP contribution < -0.4 is 0 Å². The zero-order valence-corrected chi connectivity index (χ0v) is 17.0. The van der Waals surface area contributed by atoms with Gasteiger partial charge in [0.1, 0.15) is 17.9 Å². The Bertz CT molecular complexity index is 1240. The van der Waals surface area contributed by atoms with Crippen molar-refractivity contribution in [3.05, 3.63) is 69.5 Å². The molecule has 0 bridgehead atoms. The molecule has 0 unspecified atom stereocenters. The SMILES string of the molecule is O=C(CN1C(=O)c2cccc([N+](=O)[O-])c2C1=O)N1CCC(c2nc3ccccc3[nH]2)CC1. The number of piperidine rings is 1. The number of nitrogens with zero attached hydrogens (tertiary/aromatic N) is 4. The van der Waals surface area contributed by atoms with Gasteiger partial charge in [0, 0.05) is 25.1 Å². The van der Waals surface area contributed by atoms with Gasteiger partial charge in [0.05, 0.1) is 21.5 Å². The number of fused-ring (bicyclic) bond motifs is 2. The Labute approximate surface area is 182 Å². The highest BCUT2D eigenvalue weighted by Gasteiger charge is 2.42. The van der Waals surface area contributed by atoms with Crippen molar-refractivity contribution in [1.29, 1.82) is 0 Å². The van der Waals surface area contributed by atoms with E-state index in [0.717, 1.165) is 21.8 Å². The molecule has 32 heavy (non-hydrogen) atoms. The summed E-state index contributed by atoms with van der Waals surface area (Å²) in [4.78, 5) is 59.1. The number of aromatic nitrogens is 2. The molecule has 3 heterocycles. The second-order valence-corrected chi connectivity index (χ2v) is 7.95. The molecule has 1 aromatic heterocycles. The normalized spacial score (nSPS) is 16.6. The number of aromatic amines is 1. The lowest BCUT2D eigenvalue weighted by Gasteiger charge is -2.32. The molecule has 0 radical (unpaired) electrons. The lowest BCUT2D eigenvalue weighted by atomic mass is 9.96. The van der Waals surface area contributed by atoms with Crippen LogP contribution in [0, 0.1) is 10.1 Å². The predicted molar refractivity (Wildman–Crippen MR) is 113 cm³/mol. The maximum atomic E-state index is 12.8. The molecule has 3 amide bonds. The van der Waals surface area contributed by atoms with Gasteiger partial charge in [-0.15, -0.1) is 0 Å². The molecule has 1 fully saturated rings. The molecule has 2 aromatic carbocycles. The number of benzene rings is 2. The fraction of sp³-hybridized carbons (Fsp3) is 0.273. The number of hydrogen-bond acceptors (Lipinski definition) is 6. The third-order valence-corrected chi connectivity index (χ3v) is 6.11. The number of nitrogens with one attached hydrogen (secondary N) is 1. The number of H-pyrrole nitrogens is 1. The van der Waals surface area contributed by atoms with Gasteiger partial charge in [-0.05, 0) is 31.0 Å². The van der Waals surface area contributed by atoms with Crippen LogP contribution in [0.3, 0.4) is 0 Å². The van der Waals surface area contributed by atoms with E-state index in [-0.39, 0.29) is 23.0 Å². The first kappa shape index (κ1) is 19.9. The Hall–Kier alpha value is -4.08. The molecule has 162 valence electrons. The highest BCUT2D eigenvalue weighted by atomic mass is 16.6. The lowest BCUT2D eigenvalue weighted by molar-refractivity contribution is -0.385. The van der Waals surface area contributed by atoms with Crippen LogP contribution in [-0.2, 0) is 4.79 Å². The number of rotatable bonds is 4. The standard InChI is InChI=1S/C22H19N5O5/c28-18(12-26-21(29)14-4-3-7-17(27(31)32)19(14)22(26)30)25-10-8-13(9-11-25)20-23-15-5-1-2-6-16(15)24-20/h1-7,13H,8-12H2,(H,23,24). The van der Waals surface area contributed by atoms with E-state index in [9.17, 15) is 24.5 Å². The fourth-order valence-electron chi connectivity index (χ4n) is 4.41. The number of likely N-dealkylation sites (tertiary alicyclic amines) is 1. The first-order valence-corrected chi connectivity index (χ1v) is 10.3. The Morgan fingerprint density at radius 1 is 1.09 bits per heavy atom. The molecule has 3 aromatic rings. The summed E-state index contributed by atoms with van der Waals surface area (Å²) in [6.07, 6.45) is 1.41. The van der Waals surface area contributed by atoms with Crippen LogP contribution in [0.5, 0.6) is 0 Å². The van der Waals surface area contributed by atoms with E-state index in [1.165, 1.54) is 18.2 Å². The molecule has 0 spiro atoms. The molecular formula is C22H19N5O5. The molecule has 0 aliphatic carbocycles. The monoisotopic (exact) mass is 433 g/mol. The van der Waals surface area contributed by atoms with E-state index in [1.54, 1.807) is 4.90 Å². The summed E-state index contributed by atoms with van der Waals surface area (Å²) in [6.45, 7) is 0.520. The van der Waals surface area contributed by atoms with Gasteiger partial charge < -0.3 is 9.88 Å². The summed E-state index contributed by atoms with van der Waals surface area (Å²) < 4.78 is 0. The number of hydrogen-bond donors (Lipinski definition) is 1. The number of para-hydroxylation sites is 2. The largest absolute Gasteiger partial charge is 0.342 e. The van der Waals surface area contributed by atoms with Gasteiger partial charge in [-0.2, -0.15) is 0 Å². The molecule has 2 aliphatic heterocycles. The molecule has 5 rings (SSSR count). The highest BCUT2D eigenvalue weighted by molar-refractivity contribution is 6.24. The number of carbonyl (C=O) groups is 3. The zero-order chi connectivity index (χ0) is 22.4. The van der Waals surface area contributed by atoms with E-state index >= 15 is 0 Å². The van der Waals surface area contributed by atoms with E-state index in [4.69, 9.17) is 0 Å². The molecule has 1 N–H and O–H groups in total. The average molecular weight is 433 g/mol. The van der Waals surface area contributed by atoms with Gasteiger partial charge in [0.2, 0.25) is 5.91 Å². The molecule has 2 aliphatic rings. The van der Waals surface area contributed by atoms with Crippen LogP contribution in [0.15, 0.2) is 42.5 Å². The average Bonchev–Trinajstić information content (AvgIpc) is 3.34. The van der Waals surface area contributed by atoms with Gasteiger partial charge >= 0.3 is 0 Å². The second kappa shape index (κ2) is 7.56. The van der Waals surface area contributed by atoms with Crippen LogP contribution >= 0.6 is 0 Å². The van der Waals surface area contributed by atoms with E-state index in [1.807, 2.05) is 24.3 Å². The molecule has 1 saturated heterocycles. The van der Waals surface area contributed by atoms with Crippen molar-refractivity contribution in [3.63, 3.8) is 0 Å². The Kier molecular flexibility index (Phi) is 4.69. The number of amides is 3. The predicted octanol–water partition coefficient (Wildman–Crippen LogP) is 2.47. The van der Waals surface area contributed by atoms with Crippen molar-refractivity contribution in [2.45, 2.75) is 18.8 Å². The van der Waals surface area contributed by atoms with Crippen molar-refractivity contribution >= 4 is 34.4 Å². The van der Waals surface area contributed by atoms with Crippen molar-refractivity contribution < 1.29 is 19.3 Å². The van der Waals surface area contributed by atoms with Crippen molar-refractivity contribution in [2.75, 3.05) is 19.6 Å². The van der Waals surface area contributed by atoms with Crippen LogP contribution in [0.1, 0.15) is 45.3 Å². The van der Waals surface area contributed by atoms with E-state index in [0.29, 0.717) is 25.9 Å². The van der Waals surface area contributed by atoms with Gasteiger partial charge in [0.25, 0.3) is 17.5 Å². The molecule has 0 saturated carbocycles. The third-order valence-electron chi connectivity index (χ3n) is 6.11. The van der Waals surface area contributed by atoms with Crippen molar-refractivity contribution in [1.82, 2.24) is 19.8 Å². The first-order chi connectivity index (χ1) is 15.4. The molecular weight excluding hydrogens is 414 g/mol. The molecule has 10 heteroatoms. The van der Waals surface area contributed by atoms with Crippen LogP contribution in [0.4, 0.5) is 5.69 Å². The van der Waals surface area contributed by atoms with E-state index < -0.39 is 29.0 Å². The summed E-state index contributed by atoms with van der Waals surface area (Å²) >= 11 is 0. The summed E-state index contributed by atoms with van der Waals surface area (Å²) in [7, 11) is 0. The second-order valence-electron chi connectivity index (χ2n) is 7.95. The summed E-state index contributed by atoms with van der Waals surface area (Å²) in [5.74, 6) is -0.758. The quantitative estimate of drug-likeness (QED) is 0.382. The number of imidazole rings is 1. The Morgan fingerprint density at radius 3 is 2.56 bits per heavy atom. The zero-order valence-electron chi connectivity index (χ0n) is 17.0. The highest BCUT2D eigenvalue weighted by Crippen LogP contribution is 2.31. The summed E-state index contributed by atoms with van der Waals surface area (Å²) in [6, 6.07) is 11.7. The topological polar surface area (TPSA) is 130 Å². The van der Waals surface area contributed by atoms with Crippen LogP contribution in [0.2, 0.25) is 0 Å². The number of nitro benzene ring substituents is 1. The van der Waals surface area contributed by atoms with Gasteiger partial charge in [0.15, 0.2) is 0 Å². The summed E-state index contributed by atoms with van der Waals surface area (Å²) in [5.41, 5.74) is 1.16. The molecule has 0 atom stereocenters. The maximum Gasteiger partial charge on any atom is 0.282 e.